The minimum absolute atomic E-state index is 0.00774. The van der Waals surface area contributed by atoms with Crippen molar-refractivity contribution in [1.82, 2.24) is 20.6 Å². The number of carbonyl (C=O) groups is 2. The molecule has 0 aromatic carbocycles. The first kappa shape index (κ1) is 17.1. The molecule has 1 aromatic heterocycles. The molecule has 1 aliphatic rings. The van der Waals surface area contributed by atoms with E-state index in [2.05, 4.69) is 20.6 Å². The summed E-state index contributed by atoms with van der Waals surface area (Å²) in [7, 11) is 1.48. The highest BCUT2D eigenvalue weighted by Crippen LogP contribution is 2.19. The van der Waals surface area contributed by atoms with Crippen LogP contribution < -0.4 is 21.1 Å². The lowest BCUT2D eigenvalue weighted by Gasteiger charge is -2.29. The number of methoxy groups -OCH3 is 1. The zero-order valence-corrected chi connectivity index (χ0v) is 13.2. The van der Waals surface area contributed by atoms with Gasteiger partial charge in [0.25, 0.3) is 5.91 Å². The van der Waals surface area contributed by atoms with Gasteiger partial charge in [-0.15, -0.1) is 0 Å². The van der Waals surface area contributed by atoms with Gasteiger partial charge in [-0.2, -0.15) is 0 Å². The van der Waals surface area contributed by atoms with Gasteiger partial charge in [-0.3, -0.25) is 14.6 Å². The van der Waals surface area contributed by atoms with Crippen molar-refractivity contribution in [2.24, 2.45) is 5.73 Å². The Hall–Kier alpha value is -2.22. The lowest BCUT2D eigenvalue weighted by Crippen LogP contribution is -2.44. The van der Waals surface area contributed by atoms with Gasteiger partial charge in [-0.05, 0) is 25.7 Å². The number of aromatic nitrogens is 2. The van der Waals surface area contributed by atoms with Gasteiger partial charge < -0.3 is 21.1 Å². The van der Waals surface area contributed by atoms with E-state index in [4.69, 9.17) is 10.5 Å². The molecule has 2 rings (SSSR count). The standard InChI is InChI=1S/C15H23N5O3/c1-23-14-9-17-8-12(20-14)15(22)19-11-4-2-10(3-5-11)18-13(21)6-7-16/h8-11H,2-7,16H2,1H3,(H,18,21)(H,19,22). The van der Waals surface area contributed by atoms with Crippen LogP contribution in [0, 0.1) is 0 Å². The first-order valence-electron chi connectivity index (χ1n) is 7.78. The molecule has 4 N–H and O–H groups in total. The molecule has 0 radical (unpaired) electrons. The molecular formula is C15H23N5O3. The second-order valence-electron chi connectivity index (χ2n) is 5.57. The highest BCUT2D eigenvalue weighted by Gasteiger charge is 2.24. The van der Waals surface area contributed by atoms with E-state index in [-0.39, 0.29) is 29.6 Å². The van der Waals surface area contributed by atoms with Crippen LogP contribution in [0.4, 0.5) is 0 Å². The molecule has 0 aliphatic heterocycles. The Labute approximate surface area is 135 Å². The largest absolute Gasteiger partial charge is 0.480 e. The second-order valence-corrected chi connectivity index (χ2v) is 5.57. The minimum atomic E-state index is -0.257. The molecule has 1 aromatic rings. The van der Waals surface area contributed by atoms with Crippen LogP contribution in [0.25, 0.3) is 0 Å². The summed E-state index contributed by atoms with van der Waals surface area (Å²) in [6, 6.07) is 0.247. The quantitative estimate of drug-likeness (QED) is 0.678. The maximum Gasteiger partial charge on any atom is 0.271 e. The maximum absolute atomic E-state index is 12.2. The van der Waals surface area contributed by atoms with E-state index in [0.29, 0.717) is 18.8 Å². The van der Waals surface area contributed by atoms with Crippen LogP contribution in [0.5, 0.6) is 5.88 Å². The van der Waals surface area contributed by atoms with Crippen LogP contribution in [0.2, 0.25) is 0 Å². The van der Waals surface area contributed by atoms with Crippen LogP contribution in [0.1, 0.15) is 42.6 Å². The van der Waals surface area contributed by atoms with Crippen LogP contribution >= 0.6 is 0 Å². The average Bonchev–Trinajstić information content (AvgIpc) is 2.57. The normalized spacial score (nSPS) is 20.6. The molecule has 1 saturated carbocycles. The summed E-state index contributed by atoms with van der Waals surface area (Å²) in [5.41, 5.74) is 5.60. The van der Waals surface area contributed by atoms with Crippen molar-refractivity contribution < 1.29 is 14.3 Å². The lowest BCUT2D eigenvalue weighted by molar-refractivity contribution is -0.121. The van der Waals surface area contributed by atoms with E-state index in [1.165, 1.54) is 19.5 Å². The zero-order chi connectivity index (χ0) is 16.7. The lowest BCUT2D eigenvalue weighted by atomic mass is 9.91. The molecule has 2 amide bonds. The molecule has 0 saturated heterocycles. The zero-order valence-electron chi connectivity index (χ0n) is 13.2. The summed E-state index contributed by atoms with van der Waals surface area (Å²) in [4.78, 5) is 31.7. The molecule has 0 atom stereocenters. The van der Waals surface area contributed by atoms with Gasteiger partial charge in [0.15, 0.2) is 0 Å². The number of nitrogens with one attached hydrogen (secondary N) is 2. The third kappa shape index (κ3) is 5.17. The predicted octanol–water partition coefficient (Wildman–Crippen LogP) is -0.00880. The molecular weight excluding hydrogens is 298 g/mol. The Bertz CT molecular complexity index is 544. The van der Waals surface area contributed by atoms with Gasteiger partial charge in [0.1, 0.15) is 5.69 Å². The second kappa shape index (κ2) is 8.42. The predicted molar refractivity (Wildman–Crippen MR) is 83.9 cm³/mol. The van der Waals surface area contributed by atoms with Gasteiger partial charge in [0, 0.05) is 25.0 Å². The Morgan fingerprint density at radius 3 is 2.48 bits per heavy atom. The monoisotopic (exact) mass is 321 g/mol. The fourth-order valence-electron chi connectivity index (χ4n) is 2.63. The van der Waals surface area contributed by atoms with Crippen molar-refractivity contribution in [1.29, 1.82) is 0 Å². The molecule has 23 heavy (non-hydrogen) atoms. The number of hydrogen-bond acceptors (Lipinski definition) is 6. The Morgan fingerprint density at radius 2 is 1.87 bits per heavy atom. The number of rotatable bonds is 6. The van der Waals surface area contributed by atoms with Crippen LogP contribution in [-0.4, -0.2) is 47.5 Å². The van der Waals surface area contributed by atoms with Crippen molar-refractivity contribution in [3.63, 3.8) is 0 Å². The average molecular weight is 321 g/mol. The number of hydrogen-bond donors (Lipinski definition) is 3. The first-order chi connectivity index (χ1) is 11.1. The third-order valence-corrected chi connectivity index (χ3v) is 3.85. The highest BCUT2D eigenvalue weighted by atomic mass is 16.5. The van der Waals surface area contributed by atoms with Crippen LogP contribution in [-0.2, 0) is 4.79 Å². The summed E-state index contributed by atoms with van der Waals surface area (Å²) in [6.07, 6.45) is 6.53. The highest BCUT2D eigenvalue weighted by molar-refractivity contribution is 5.92. The Balaban J connectivity index is 1.79. The van der Waals surface area contributed by atoms with Gasteiger partial charge >= 0.3 is 0 Å². The first-order valence-corrected chi connectivity index (χ1v) is 7.78. The fourth-order valence-corrected chi connectivity index (χ4v) is 2.63. The molecule has 0 spiro atoms. The van der Waals surface area contributed by atoms with Crippen molar-refractivity contribution >= 4 is 11.8 Å². The molecule has 8 heteroatoms. The van der Waals surface area contributed by atoms with E-state index in [1.54, 1.807) is 0 Å². The fraction of sp³-hybridized carbons (Fsp3) is 0.600. The smallest absolute Gasteiger partial charge is 0.271 e. The molecule has 1 heterocycles. The molecule has 0 bridgehead atoms. The Morgan fingerprint density at radius 1 is 1.22 bits per heavy atom. The maximum atomic E-state index is 12.2. The van der Waals surface area contributed by atoms with E-state index in [1.807, 2.05) is 0 Å². The third-order valence-electron chi connectivity index (χ3n) is 3.85. The van der Waals surface area contributed by atoms with Gasteiger partial charge in [-0.1, -0.05) is 0 Å². The van der Waals surface area contributed by atoms with Crippen molar-refractivity contribution in [3.05, 3.63) is 18.1 Å². The minimum Gasteiger partial charge on any atom is -0.480 e. The molecule has 8 nitrogen and oxygen atoms in total. The van der Waals surface area contributed by atoms with Gasteiger partial charge in [-0.25, -0.2) is 4.98 Å². The molecule has 1 aliphatic carbocycles. The van der Waals surface area contributed by atoms with Gasteiger partial charge in [0.05, 0.1) is 19.5 Å². The SMILES string of the molecule is COc1cncc(C(=O)NC2CCC(NC(=O)CCN)CC2)n1. The van der Waals surface area contributed by atoms with E-state index >= 15 is 0 Å². The van der Waals surface area contributed by atoms with Crippen molar-refractivity contribution in [2.45, 2.75) is 44.2 Å². The number of ether oxygens (including phenoxy) is 1. The summed E-state index contributed by atoms with van der Waals surface area (Å²) < 4.78 is 4.96. The molecule has 1 fully saturated rings. The number of nitrogens with zero attached hydrogens (tertiary/aromatic N) is 2. The summed E-state index contributed by atoms with van der Waals surface area (Å²) in [5, 5.41) is 5.93. The Kier molecular flexibility index (Phi) is 6.28. The van der Waals surface area contributed by atoms with Crippen molar-refractivity contribution in [3.8, 4) is 5.88 Å². The van der Waals surface area contributed by atoms with E-state index in [0.717, 1.165) is 25.7 Å². The van der Waals surface area contributed by atoms with Gasteiger partial charge in [0.2, 0.25) is 11.8 Å². The van der Waals surface area contributed by atoms with Crippen molar-refractivity contribution in [2.75, 3.05) is 13.7 Å². The topological polar surface area (TPSA) is 119 Å². The number of carbonyl (C=O) groups excluding carboxylic acids is 2. The number of nitrogens with two attached hydrogens (primary N) is 1. The van der Waals surface area contributed by atoms with E-state index < -0.39 is 0 Å². The number of amides is 2. The summed E-state index contributed by atoms with van der Waals surface area (Å²) in [5.74, 6) is 0.0441. The van der Waals surface area contributed by atoms with Crippen LogP contribution in [0.3, 0.4) is 0 Å². The summed E-state index contributed by atoms with van der Waals surface area (Å²) in [6.45, 7) is 0.360. The molecule has 0 unspecified atom stereocenters. The van der Waals surface area contributed by atoms with Crippen LogP contribution in [0.15, 0.2) is 12.4 Å². The summed E-state index contributed by atoms with van der Waals surface area (Å²) >= 11 is 0. The molecule has 126 valence electrons. The van der Waals surface area contributed by atoms with E-state index in [9.17, 15) is 9.59 Å².